The van der Waals surface area contributed by atoms with Gasteiger partial charge in [0.2, 0.25) is 0 Å². The molecule has 0 atom stereocenters. The van der Waals surface area contributed by atoms with Crippen molar-refractivity contribution in [3.05, 3.63) is 47.8 Å². The Balaban J connectivity index is 2.01. The van der Waals surface area contributed by atoms with E-state index >= 15 is 0 Å². The lowest BCUT2D eigenvalue weighted by Gasteiger charge is -2.11. The quantitative estimate of drug-likeness (QED) is 0.525. The SMILES string of the molecule is Nc1cc(F)c(Oc2ccnc3[nH]cc(CCC(F)(F)F)c23)c(F)c1. The molecule has 0 amide bonds. The van der Waals surface area contributed by atoms with E-state index in [-0.39, 0.29) is 34.5 Å². The van der Waals surface area contributed by atoms with Gasteiger partial charge in [0.05, 0.1) is 5.39 Å². The van der Waals surface area contributed by atoms with Crippen molar-refractivity contribution in [1.29, 1.82) is 0 Å². The molecule has 3 rings (SSSR count). The Morgan fingerprint density at radius 3 is 2.48 bits per heavy atom. The first-order valence-corrected chi connectivity index (χ1v) is 7.18. The van der Waals surface area contributed by atoms with E-state index in [9.17, 15) is 22.0 Å². The van der Waals surface area contributed by atoms with E-state index in [1.54, 1.807) is 0 Å². The van der Waals surface area contributed by atoms with E-state index in [1.165, 1.54) is 18.5 Å². The summed E-state index contributed by atoms with van der Waals surface area (Å²) in [6.07, 6.45) is -3.01. The summed E-state index contributed by atoms with van der Waals surface area (Å²) < 4.78 is 70.5. The van der Waals surface area contributed by atoms with Crippen molar-refractivity contribution in [3.8, 4) is 11.5 Å². The number of nitrogen functional groups attached to an aromatic ring is 1. The minimum absolute atomic E-state index is 0.00834. The molecule has 0 aliphatic rings. The Hall–Kier alpha value is -2.84. The molecule has 2 heterocycles. The molecule has 0 aliphatic carbocycles. The third-order valence-electron chi connectivity index (χ3n) is 3.53. The number of aromatic nitrogens is 2. The number of nitrogens with one attached hydrogen (secondary N) is 1. The molecule has 1 aromatic carbocycles. The molecular weight excluding hydrogens is 345 g/mol. The fraction of sp³-hybridized carbons (Fsp3) is 0.188. The number of halogens is 5. The molecule has 2 aromatic heterocycles. The highest BCUT2D eigenvalue weighted by Crippen LogP contribution is 2.35. The van der Waals surface area contributed by atoms with Crippen molar-refractivity contribution in [2.24, 2.45) is 0 Å². The van der Waals surface area contributed by atoms with Crippen LogP contribution in [0.1, 0.15) is 12.0 Å². The van der Waals surface area contributed by atoms with Crippen molar-refractivity contribution in [2.75, 3.05) is 5.73 Å². The van der Waals surface area contributed by atoms with Crippen molar-refractivity contribution >= 4 is 16.7 Å². The van der Waals surface area contributed by atoms with Crippen molar-refractivity contribution in [3.63, 3.8) is 0 Å². The van der Waals surface area contributed by atoms with Crippen LogP contribution in [0.5, 0.6) is 11.5 Å². The number of pyridine rings is 1. The second kappa shape index (κ2) is 6.23. The highest BCUT2D eigenvalue weighted by atomic mass is 19.4. The Morgan fingerprint density at radius 1 is 1.16 bits per heavy atom. The first kappa shape index (κ1) is 17.0. The number of ether oxygens (including phenoxy) is 1. The molecule has 4 nitrogen and oxygen atoms in total. The second-order valence-corrected chi connectivity index (χ2v) is 5.38. The molecule has 0 unspecified atom stereocenters. The standard InChI is InChI=1S/C16H12F5N3O/c17-10-5-9(22)6-11(18)14(10)25-12-2-4-23-15-13(12)8(7-24-15)1-3-16(19,20)21/h2,4-7H,1,3,22H2,(H,23,24). The van der Waals surface area contributed by atoms with Gasteiger partial charge < -0.3 is 15.5 Å². The lowest BCUT2D eigenvalue weighted by Crippen LogP contribution is -2.08. The molecule has 0 aliphatic heterocycles. The molecule has 0 saturated heterocycles. The second-order valence-electron chi connectivity index (χ2n) is 5.38. The predicted octanol–water partition coefficient (Wildman–Crippen LogP) is 4.71. The molecular formula is C16H12F5N3O. The third kappa shape index (κ3) is 3.65. The van der Waals surface area contributed by atoms with Crippen molar-refractivity contribution in [2.45, 2.75) is 19.0 Å². The number of nitrogens with two attached hydrogens (primary N) is 1. The van der Waals surface area contributed by atoms with E-state index in [2.05, 4.69) is 9.97 Å². The molecule has 3 aromatic rings. The largest absolute Gasteiger partial charge is 0.450 e. The summed E-state index contributed by atoms with van der Waals surface area (Å²) in [6, 6.07) is 3.10. The smallest absolute Gasteiger partial charge is 0.389 e. The summed E-state index contributed by atoms with van der Waals surface area (Å²) in [6.45, 7) is 0. The number of nitrogens with zero attached hydrogens (tertiary/aromatic N) is 1. The number of H-pyrrole nitrogens is 1. The van der Waals surface area contributed by atoms with E-state index in [0.717, 1.165) is 12.1 Å². The number of anilines is 1. The van der Waals surface area contributed by atoms with Gasteiger partial charge in [0, 0.05) is 36.6 Å². The summed E-state index contributed by atoms with van der Waals surface area (Å²) >= 11 is 0. The Kier molecular flexibility index (Phi) is 4.23. The number of benzene rings is 1. The van der Waals surface area contributed by atoms with Crippen LogP contribution in [-0.2, 0) is 6.42 Å². The van der Waals surface area contributed by atoms with Crippen LogP contribution in [0, 0.1) is 11.6 Å². The zero-order valence-corrected chi connectivity index (χ0v) is 12.6. The van der Waals surface area contributed by atoms with Crippen LogP contribution in [0.2, 0.25) is 0 Å². The van der Waals surface area contributed by atoms with Crippen LogP contribution in [0.3, 0.4) is 0 Å². The van der Waals surface area contributed by atoms with Gasteiger partial charge in [-0.25, -0.2) is 13.8 Å². The maximum absolute atomic E-state index is 13.9. The number of hydrogen-bond donors (Lipinski definition) is 2. The number of rotatable bonds is 4. The molecule has 0 spiro atoms. The average Bonchev–Trinajstić information content (AvgIpc) is 2.92. The van der Waals surface area contributed by atoms with Crippen LogP contribution < -0.4 is 10.5 Å². The molecule has 0 bridgehead atoms. The highest BCUT2D eigenvalue weighted by molar-refractivity contribution is 5.86. The van der Waals surface area contributed by atoms with Gasteiger partial charge >= 0.3 is 6.18 Å². The van der Waals surface area contributed by atoms with E-state index in [0.29, 0.717) is 0 Å². The molecule has 25 heavy (non-hydrogen) atoms. The van der Waals surface area contributed by atoms with Gasteiger partial charge in [-0.15, -0.1) is 0 Å². The summed E-state index contributed by atoms with van der Waals surface area (Å²) in [5.74, 6) is -2.74. The minimum Gasteiger partial charge on any atom is -0.450 e. The maximum atomic E-state index is 13.9. The molecule has 132 valence electrons. The van der Waals surface area contributed by atoms with Gasteiger partial charge in [-0.3, -0.25) is 0 Å². The average molecular weight is 357 g/mol. The predicted molar refractivity (Wildman–Crippen MR) is 81.3 cm³/mol. The van der Waals surface area contributed by atoms with Crippen LogP contribution in [0.4, 0.5) is 27.6 Å². The maximum Gasteiger partial charge on any atom is 0.389 e. The summed E-state index contributed by atoms with van der Waals surface area (Å²) in [4.78, 5) is 6.71. The Labute approximate surface area is 138 Å². The number of hydrogen-bond acceptors (Lipinski definition) is 3. The van der Waals surface area contributed by atoms with Gasteiger partial charge in [-0.2, -0.15) is 13.2 Å². The molecule has 9 heteroatoms. The van der Waals surface area contributed by atoms with E-state index in [4.69, 9.17) is 10.5 Å². The third-order valence-corrected chi connectivity index (χ3v) is 3.53. The fourth-order valence-electron chi connectivity index (χ4n) is 2.44. The van der Waals surface area contributed by atoms with Gasteiger partial charge in [0.15, 0.2) is 17.4 Å². The molecule has 0 saturated carbocycles. The van der Waals surface area contributed by atoms with Crippen LogP contribution in [0.25, 0.3) is 11.0 Å². The van der Waals surface area contributed by atoms with E-state index < -0.39 is 30.0 Å². The van der Waals surface area contributed by atoms with Gasteiger partial charge in [-0.05, 0) is 18.1 Å². The van der Waals surface area contributed by atoms with Gasteiger partial charge in [0.1, 0.15) is 11.4 Å². The zero-order chi connectivity index (χ0) is 18.2. The summed E-state index contributed by atoms with van der Waals surface area (Å²) in [5, 5.41) is 0.238. The number of alkyl halides is 3. The summed E-state index contributed by atoms with van der Waals surface area (Å²) in [5.41, 5.74) is 5.77. The fourth-order valence-corrected chi connectivity index (χ4v) is 2.44. The van der Waals surface area contributed by atoms with Crippen LogP contribution in [-0.4, -0.2) is 16.1 Å². The van der Waals surface area contributed by atoms with E-state index in [1.807, 2.05) is 0 Å². The lowest BCUT2D eigenvalue weighted by molar-refractivity contribution is -0.133. The normalized spacial score (nSPS) is 11.9. The molecule has 0 fully saturated rings. The minimum atomic E-state index is -4.33. The van der Waals surface area contributed by atoms with Crippen molar-refractivity contribution in [1.82, 2.24) is 9.97 Å². The first-order chi connectivity index (χ1) is 11.7. The van der Waals surface area contributed by atoms with Gasteiger partial charge in [-0.1, -0.05) is 0 Å². The Morgan fingerprint density at radius 2 is 1.84 bits per heavy atom. The van der Waals surface area contributed by atoms with Gasteiger partial charge in [0.25, 0.3) is 0 Å². The first-order valence-electron chi connectivity index (χ1n) is 7.18. The monoisotopic (exact) mass is 357 g/mol. The molecule has 3 N–H and O–H groups in total. The van der Waals surface area contributed by atoms with Crippen molar-refractivity contribution < 1.29 is 26.7 Å². The van der Waals surface area contributed by atoms with Crippen LogP contribution >= 0.6 is 0 Å². The Bertz CT molecular complexity index is 897. The lowest BCUT2D eigenvalue weighted by atomic mass is 10.1. The highest BCUT2D eigenvalue weighted by Gasteiger charge is 2.27. The topological polar surface area (TPSA) is 63.9 Å². The van der Waals surface area contributed by atoms with Crippen LogP contribution in [0.15, 0.2) is 30.6 Å². The number of aryl methyl sites for hydroxylation is 1. The number of aromatic amines is 1. The zero-order valence-electron chi connectivity index (χ0n) is 12.6. The summed E-state index contributed by atoms with van der Waals surface area (Å²) in [7, 11) is 0. The molecule has 0 radical (unpaired) electrons. The number of fused-ring (bicyclic) bond motifs is 1.